The number of carboxylic acid groups (broad SMARTS) is 1. The van der Waals surface area contributed by atoms with Crippen LogP contribution < -0.4 is 0 Å². The maximum absolute atomic E-state index is 13.2. The number of aliphatic carboxylic acids is 1. The number of unbranched alkanes of at least 4 members (excludes halogenated alkanes) is 21. The van der Waals surface area contributed by atoms with Crippen LogP contribution in [0, 0.1) is 0 Å². The number of carbonyl (C=O) groups excluding carboxylic acids is 3. The SMILES string of the molecule is CC/C=C\C/C=C\C/C=C\C/C=C\C/C=C\CC(=O)OC1C(OCC(COC(=O)CCCCCCCCC/C=C\CCCCCCCC)OC(=O)CCCCCCC/C=C\C/C=C\CCCCC)OC(C(=O)O)C(O)C1O. The standard InChI is InChI=1S/C65H106O12/c1-4-7-10-13-16-19-22-25-28-29-32-33-36-39-42-45-48-51-57(66)73-54-56(75-58(67)52-49-46-43-40-37-34-30-26-23-20-17-14-11-8-5-2)55-74-65-63(61(70)60(69)62(77-65)64(71)72)76-59(68)53-50-47-44-41-38-35-31-27-24-21-18-15-12-9-6-3/h9,12,17-18,20-21,25-28,30-31,38,41,47,50,56,60-63,65,69-70H,4-8,10-11,13-16,19,22-24,29,32-37,39-40,42-46,48-49,51-55H2,1-3H3,(H,71,72)/b12-9-,20-17-,21-18-,28-25-,30-26-,31-27-,41-38-,50-47-. The number of carbonyl (C=O) groups is 4. The van der Waals surface area contributed by atoms with Crippen LogP contribution in [0.25, 0.3) is 0 Å². The lowest BCUT2D eigenvalue weighted by atomic mass is 9.98. The summed E-state index contributed by atoms with van der Waals surface area (Å²) in [6.45, 7) is 5.79. The maximum atomic E-state index is 13.2. The smallest absolute Gasteiger partial charge is 0.335 e. The Labute approximate surface area is 466 Å². The zero-order chi connectivity index (χ0) is 56.1. The third-order valence-electron chi connectivity index (χ3n) is 13.1. The van der Waals surface area contributed by atoms with Gasteiger partial charge in [0.15, 0.2) is 24.6 Å². The van der Waals surface area contributed by atoms with Gasteiger partial charge >= 0.3 is 23.9 Å². The number of carboxylic acids is 1. The predicted octanol–water partition coefficient (Wildman–Crippen LogP) is 15.7. The van der Waals surface area contributed by atoms with Gasteiger partial charge in [-0.2, -0.15) is 0 Å². The highest BCUT2D eigenvalue weighted by Crippen LogP contribution is 2.26. The van der Waals surface area contributed by atoms with Gasteiger partial charge in [-0.05, 0) is 103 Å². The summed E-state index contributed by atoms with van der Waals surface area (Å²) < 4.78 is 28.3. The molecule has 6 unspecified atom stereocenters. The fourth-order valence-corrected chi connectivity index (χ4v) is 8.53. The Balaban J connectivity index is 2.75. The van der Waals surface area contributed by atoms with Crippen LogP contribution in [0.1, 0.15) is 239 Å². The Morgan fingerprint density at radius 2 is 0.857 bits per heavy atom. The summed E-state index contributed by atoms with van der Waals surface area (Å²) in [5, 5.41) is 31.4. The number of aliphatic hydroxyl groups is 2. The zero-order valence-corrected chi connectivity index (χ0v) is 48.2. The number of hydrogen-bond acceptors (Lipinski definition) is 11. The van der Waals surface area contributed by atoms with Gasteiger partial charge in [0.1, 0.15) is 18.8 Å². The predicted molar refractivity (Wildman–Crippen MR) is 312 cm³/mol. The van der Waals surface area contributed by atoms with Crippen LogP contribution in [0.15, 0.2) is 97.2 Å². The highest BCUT2D eigenvalue weighted by molar-refractivity contribution is 5.74. The first-order valence-electron chi connectivity index (χ1n) is 30.2. The quantitative estimate of drug-likeness (QED) is 0.0228. The van der Waals surface area contributed by atoms with Gasteiger partial charge in [-0.25, -0.2) is 4.79 Å². The summed E-state index contributed by atoms with van der Waals surface area (Å²) in [6, 6.07) is 0. The van der Waals surface area contributed by atoms with Crippen LogP contribution in [-0.2, 0) is 42.9 Å². The molecule has 0 spiro atoms. The van der Waals surface area contributed by atoms with Crippen LogP contribution in [0.4, 0.5) is 0 Å². The molecule has 1 fully saturated rings. The minimum atomic E-state index is -1.94. The summed E-state index contributed by atoms with van der Waals surface area (Å²) in [7, 11) is 0. The largest absolute Gasteiger partial charge is 0.479 e. The molecular weight excluding hydrogens is 973 g/mol. The van der Waals surface area contributed by atoms with Crippen LogP contribution >= 0.6 is 0 Å². The van der Waals surface area contributed by atoms with Crippen molar-refractivity contribution in [3.05, 3.63) is 97.2 Å². The van der Waals surface area contributed by atoms with Gasteiger partial charge in [0.05, 0.1) is 13.0 Å². The first kappa shape index (κ1) is 70.7. The van der Waals surface area contributed by atoms with E-state index in [-0.39, 0.29) is 25.9 Å². The second-order valence-electron chi connectivity index (χ2n) is 20.3. The Kier molecular flexibility index (Phi) is 48.0. The van der Waals surface area contributed by atoms with Crippen molar-refractivity contribution >= 4 is 23.9 Å². The molecule has 1 aliphatic rings. The molecule has 0 aromatic rings. The fourth-order valence-electron chi connectivity index (χ4n) is 8.53. The van der Waals surface area contributed by atoms with Gasteiger partial charge in [-0.15, -0.1) is 0 Å². The van der Waals surface area contributed by atoms with Crippen molar-refractivity contribution in [1.29, 1.82) is 0 Å². The number of esters is 3. The molecule has 0 saturated carbocycles. The molecule has 12 heteroatoms. The van der Waals surface area contributed by atoms with E-state index >= 15 is 0 Å². The monoisotopic (exact) mass is 1080 g/mol. The average Bonchev–Trinajstić information content (AvgIpc) is 3.43. The average molecular weight is 1080 g/mol. The number of allylic oxidation sites excluding steroid dienone is 15. The molecule has 12 nitrogen and oxygen atoms in total. The second kappa shape index (κ2) is 52.3. The van der Waals surface area contributed by atoms with Crippen LogP contribution in [-0.4, -0.2) is 89.2 Å². The number of rotatable bonds is 50. The van der Waals surface area contributed by atoms with Crippen molar-refractivity contribution in [3.63, 3.8) is 0 Å². The molecule has 438 valence electrons. The van der Waals surface area contributed by atoms with Crippen LogP contribution in [0.5, 0.6) is 0 Å². The molecule has 1 rings (SSSR count). The summed E-state index contributed by atoms with van der Waals surface area (Å²) in [5.74, 6) is -3.31. The zero-order valence-electron chi connectivity index (χ0n) is 48.2. The lowest BCUT2D eigenvalue weighted by molar-refractivity contribution is -0.301. The molecule has 0 aromatic carbocycles. The van der Waals surface area contributed by atoms with E-state index in [2.05, 4.69) is 93.7 Å². The van der Waals surface area contributed by atoms with Gasteiger partial charge in [0.2, 0.25) is 0 Å². The molecule has 0 aliphatic carbocycles. The lowest BCUT2D eigenvalue weighted by Gasteiger charge is -2.40. The van der Waals surface area contributed by atoms with E-state index in [0.717, 1.165) is 103 Å². The Bertz CT molecular complexity index is 1710. The van der Waals surface area contributed by atoms with Gasteiger partial charge in [-0.1, -0.05) is 214 Å². The molecule has 0 amide bonds. The van der Waals surface area contributed by atoms with Gasteiger partial charge in [0, 0.05) is 12.8 Å². The van der Waals surface area contributed by atoms with Gasteiger partial charge in [-0.3, -0.25) is 14.4 Å². The summed E-state index contributed by atoms with van der Waals surface area (Å²) in [4.78, 5) is 51.1. The molecule has 77 heavy (non-hydrogen) atoms. The Morgan fingerprint density at radius 3 is 1.35 bits per heavy atom. The molecule has 0 aromatic heterocycles. The van der Waals surface area contributed by atoms with E-state index in [1.165, 1.54) is 77.0 Å². The summed E-state index contributed by atoms with van der Waals surface area (Å²) >= 11 is 0. The molecule has 1 heterocycles. The Morgan fingerprint density at radius 1 is 0.455 bits per heavy atom. The lowest BCUT2D eigenvalue weighted by Crippen LogP contribution is -2.61. The Hall–Kier alpha value is -4.36. The summed E-state index contributed by atoms with van der Waals surface area (Å²) in [5.41, 5.74) is 0. The highest BCUT2D eigenvalue weighted by Gasteiger charge is 2.50. The first-order valence-corrected chi connectivity index (χ1v) is 30.2. The van der Waals surface area contributed by atoms with Crippen molar-refractivity contribution in [2.24, 2.45) is 0 Å². The van der Waals surface area contributed by atoms with Crippen molar-refractivity contribution in [2.45, 2.75) is 276 Å². The topological polar surface area (TPSA) is 175 Å². The molecule has 1 aliphatic heterocycles. The van der Waals surface area contributed by atoms with E-state index in [4.69, 9.17) is 23.7 Å². The highest BCUT2D eigenvalue weighted by atomic mass is 16.7. The molecule has 1 saturated heterocycles. The summed E-state index contributed by atoms with van der Waals surface area (Å²) in [6.07, 6.45) is 56.8. The normalized spacial score (nSPS) is 18.7. The van der Waals surface area contributed by atoms with E-state index in [1.807, 2.05) is 12.2 Å². The number of hydrogen-bond donors (Lipinski definition) is 3. The minimum Gasteiger partial charge on any atom is -0.479 e. The van der Waals surface area contributed by atoms with Crippen molar-refractivity contribution < 1.29 is 58.2 Å². The second-order valence-corrected chi connectivity index (χ2v) is 20.3. The molecule has 6 atom stereocenters. The van der Waals surface area contributed by atoms with Crippen molar-refractivity contribution in [3.8, 4) is 0 Å². The third-order valence-corrected chi connectivity index (χ3v) is 13.1. The van der Waals surface area contributed by atoms with Crippen molar-refractivity contribution in [1.82, 2.24) is 0 Å². The maximum Gasteiger partial charge on any atom is 0.335 e. The molecule has 0 radical (unpaired) electrons. The van der Waals surface area contributed by atoms with E-state index in [0.29, 0.717) is 19.3 Å². The van der Waals surface area contributed by atoms with Crippen LogP contribution in [0.2, 0.25) is 0 Å². The number of ether oxygens (including phenoxy) is 5. The van der Waals surface area contributed by atoms with Crippen LogP contribution in [0.3, 0.4) is 0 Å². The van der Waals surface area contributed by atoms with E-state index in [1.54, 1.807) is 12.2 Å². The van der Waals surface area contributed by atoms with Gasteiger partial charge < -0.3 is 39.0 Å². The minimum absolute atomic E-state index is 0.132. The van der Waals surface area contributed by atoms with E-state index in [9.17, 15) is 34.5 Å². The molecule has 0 bridgehead atoms. The van der Waals surface area contributed by atoms with Gasteiger partial charge in [0.25, 0.3) is 0 Å². The van der Waals surface area contributed by atoms with E-state index < -0.39 is 67.3 Å². The third kappa shape index (κ3) is 42.3. The molecular formula is C65H106O12. The fraction of sp³-hybridized carbons (Fsp3) is 0.692. The first-order chi connectivity index (χ1) is 37.6. The molecule has 3 N–H and O–H groups in total. The van der Waals surface area contributed by atoms with Crippen molar-refractivity contribution in [2.75, 3.05) is 13.2 Å². The number of aliphatic hydroxyl groups excluding tert-OH is 2.